The Morgan fingerprint density at radius 3 is 2.36 bits per heavy atom. The second kappa shape index (κ2) is 7.77. The molecule has 0 fully saturated rings. The number of likely N-dealkylation sites (N-methyl/N-ethyl adjacent to an activating group) is 1. The van der Waals surface area contributed by atoms with E-state index in [0.29, 0.717) is 13.1 Å². The van der Waals surface area contributed by atoms with Gasteiger partial charge in [0.2, 0.25) is 5.91 Å². The Bertz CT molecular complexity index is 509. The second-order valence-electron chi connectivity index (χ2n) is 6.06. The molecule has 1 N–H and O–H groups in total. The lowest BCUT2D eigenvalue weighted by atomic mass is 10.1. The SMILES string of the molecule is CN(CCNC(=O)Cc1ccc(F)cc1)C(=O)OC(C)(C)C. The molecule has 0 atom stereocenters. The number of hydrogen-bond acceptors (Lipinski definition) is 3. The van der Waals surface area contributed by atoms with E-state index >= 15 is 0 Å². The molecular weight excluding hydrogens is 287 g/mol. The predicted octanol–water partition coefficient (Wildman–Crippen LogP) is 2.35. The first kappa shape index (κ1) is 17.9. The molecule has 0 aliphatic heterocycles. The molecule has 0 spiro atoms. The van der Waals surface area contributed by atoms with Gasteiger partial charge in [0, 0.05) is 20.1 Å². The summed E-state index contributed by atoms with van der Waals surface area (Å²) in [4.78, 5) is 24.9. The number of amides is 2. The third kappa shape index (κ3) is 7.06. The Balaban J connectivity index is 2.30. The highest BCUT2D eigenvalue weighted by atomic mass is 19.1. The summed E-state index contributed by atoms with van der Waals surface area (Å²) in [6.07, 6.45) is -0.253. The zero-order valence-electron chi connectivity index (χ0n) is 13.5. The highest BCUT2D eigenvalue weighted by Crippen LogP contribution is 2.08. The molecule has 0 aliphatic rings. The molecule has 1 aromatic rings. The molecule has 22 heavy (non-hydrogen) atoms. The van der Waals surface area contributed by atoms with Crippen LogP contribution in [0, 0.1) is 5.82 Å². The standard InChI is InChI=1S/C16H23FN2O3/c1-16(2,3)22-15(21)19(4)10-9-18-14(20)11-12-5-7-13(17)8-6-12/h5-8H,9-11H2,1-4H3,(H,18,20). The Labute approximate surface area is 130 Å². The average Bonchev–Trinajstić information content (AvgIpc) is 2.39. The number of ether oxygens (including phenoxy) is 1. The summed E-state index contributed by atoms with van der Waals surface area (Å²) in [7, 11) is 1.61. The van der Waals surface area contributed by atoms with Gasteiger partial charge in [-0.1, -0.05) is 12.1 Å². The minimum Gasteiger partial charge on any atom is -0.444 e. The first-order valence-corrected chi connectivity index (χ1v) is 7.12. The van der Waals surface area contributed by atoms with E-state index in [1.807, 2.05) is 0 Å². The smallest absolute Gasteiger partial charge is 0.410 e. The molecule has 1 rings (SSSR count). The van der Waals surface area contributed by atoms with Crippen LogP contribution in [0.15, 0.2) is 24.3 Å². The van der Waals surface area contributed by atoms with Crippen LogP contribution in [0.2, 0.25) is 0 Å². The summed E-state index contributed by atoms with van der Waals surface area (Å²) in [5, 5.41) is 2.71. The van der Waals surface area contributed by atoms with Crippen molar-refractivity contribution in [3.63, 3.8) is 0 Å². The molecule has 5 nitrogen and oxygen atoms in total. The molecule has 0 bridgehead atoms. The first-order valence-electron chi connectivity index (χ1n) is 7.12. The number of nitrogens with one attached hydrogen (secondary N) is 1. The fraction of sp³-hybridized carbons (Fsp3) is 0.500. The van der Waals surface area contributed by atoms with E-state index in [1.54, 1.807) is 40.0 Å². The Hall–Kier alpha value is -2.11. The van der Waals surface area contributed by atoms with Crippen LogP contribution in [0.5, 0.6) is 0 Å². The number of rotatable bonds is 5. The van der Waals surface area contributed by atoms with E-state index in [-0.39, 0.29) is 18.1 Å². The Morgan fingerprint density at radius 2 is 1.82 bits per heavy atom. The van der Waals surface area contributed by atoms with Gasteiger partial charge in [-0.05, 0) is 38.5 Å². The van der Waals surface area contributed by atoms with E-state index in [9.17, 15) is 14.0 Å². The van der Waals surface area contributed by atoms with Gasteiger partial charge in [0.05, 0.1) is 6.42 Å². The molecule has 0 saturated carbocycles. The Morgan fingerprint density at radius 1 is 1.23 bits per heavy atom. The van der Waals surface area contributed by atoms with Gasteiger partial charge in [0.25, 0.3) is 0 Å². The number of benzene rings is 1. The number of nitrogens with zero attached hydrogens (tertiary/aromatic N) is 1. The quantitative estimate of drug-likeness (QED) is 0.908. The average molecular weight is 310 g/mol. The van der Waals surface area contributed by atoms with Gasteiger partial charge in [0.15, 0.2) is 0 Å². The molecule has 0 aromatic heterocycles. The van der Waals surface area contributed by atoms with Crippen molar-refractivity contribution in [1.29, 1.82) is 0 Å². The van der Waals surface area contributed by atoms with Crippen LogP contribution in [0.25, 0.3) is 0 Å². The number of halogens is 1. The molecule has 1 aromatic carbocycles. The summed E-state index contributed by atoms with van der Waals surface area (Å²) in [5.74, 6) is -0.507. The summed E-state index contributed by atoms with van der Waals surface area (Å²) in [6.45, 7) is 6.06. The van der Waals surface area contributed by atoms with Crippen molar-refractivity contribution in [1.82, 2.24) is 10.2 Å². The van der Waals surface area contributed by atoms with Crippen molar-refractivity contribution in [3.8, 4) is 0 Å². The molecule has 0 saturated heterocycles. The third-order valence-corrected chi connectivity index (χ3v) is 2.75. The number of carbonyl (C=O) groups excluding carboxylic acids is 2. The van der Waals surface area contributed by atoms with Crippen LogP contribution >= 0.6 is 0 Å². The minimum absolute atomic E-state index is 0.177. The summed E-state index contributed by atoms with van der Waals surface area (Å²) in [5.41, 5.74) is 0.191. The summed E-state index contributed by atoms with van der Waals surface area (Å²) >= 11 is 0. The molecule has 2 amide bonds. The maximum absolute atomic E-state index is 12.8. The maximum atomic E-state index is 12.8. The van der Waals surface area contributed by atoms with Crippen molar-refractivity contribution in [3.05, 3.63) is 35.6 Å². The Kier molecular flexibility index (Phi) is 6.34. The van der Waals surface area contributed by atoms with Crippen molar-refractivity contribution >= 4 is 12.0 Å². The molecule has 0 radical (unpaired) electrons. The van der Waals surface area contributed by atoms with Crippen molar-refractivity contribution in [2.45, 2.75) is 32.8 Å². The monoisotopic (exact) mass is 310 g/mol. The molecular formula is C16H23FN2O3. The van der Waals surface area contributed by atoms with Crippen LogP contribution in [0.4, 0.5) is 9.18 Å². The second-order valence-corrected chi connectivity index (χ2v) is 6.06. The lowest BCUT2D eigenvalue weighted by Crippen LogP contribution is -2.39. The zero-order chi connectivity index (χ0) is 16.8. The number of carbonyl (C=O) groups is 2. The highest BCUT2D eigenvalue weighted by molar-refractivity contribution is 5.78. The minimum atomic E-state index is -0.544. The van der Waals surface area contributed by atoms with E-state index in [4.69, 9.17) is 4.74 Å². The lowest BCUT2D eigenvalue weighted by Gasteiger charge is -2.24. The normalized spacial score (nSPS) is 11.0. The van der Waals surface area contributed by atoms with Crippen LogP contribution in [0.1, 0.15) is 26.3 Å². The van der Waals surface area contributed by atoms with Gasteiger partial charge in [-0.25, -0.2) is 9.18 Å². The van der Waals surface area contributed by atoms with E-state index in [1.165, 1.54) is 17.0 Å². The molecule has 122 valence electrons. The third-order valence-electron chi connectivity index (χ3n) is 2.75. The summed E-state index contributed by atoms with van der Waals surface area (Å²) < 4.78 is 18.0. The zero-order valence-corrected chi connectivity index (χ0v) is 13.5. The largest absolute Gasteiger partial charge is 0.444 e. The van der Waals surface area contributed by atoms with Crippen molar-refractivity contribution in [2.75, 3.05) is 20.1 Å². The van der Waals surface area contributed by atoms with Crippen molar-refractivity contribution in [2.24, 2.45) is 0 Å². The first-order chi connectivity index (χ1) is 10.2. The molecule has 6 heteroatoms. The lowest BCUT2D eigenvalue weighted by molar-refractivity contribution is -0.120. The van der Waals surface area contributed by atoms with Gasteiger partial charge in [0.1, 0.15) is 11.4 Å². The van der Waals surface area contributed by atoms with Crippen molar-refractivity contribution < 1.29 is 18.7 Å². The number of hydrogen-bond donors (Lipinski definition) is 1. The fourth-order valence-electron chi connectivity index (χ4n) is 1.64. The molecule has 0 heterocycles. The highest BCUT2D eigenvalue weighted by Gasteiger charge is 2.19. The summed E-state index contributed by atoms with van der Waals surface area (Å²) in [6, 6.07) is 5.78. The molecule has 0 aliphatic carbocycles. The predicted molar refractivity (Wildman–Crippen MR) is 82.0 cm³/mol. The van der Waals surface area contributed by atoms with E-state index in [2.05, 4.69) is 5.32 Å². The van der Waals surface area contributed by atoms with Crippen LogP contribution in [-0.2, 0) is 16.0 Å². The van der Waals surface area contributed by atoms with Gasteiger partial charge in [-0.2, -0.15) is 0 Å². The van der Waals surface area contributed by atoms with Crippen LogP contribution in [-0.4, -0.2) is 42.6 Å². The van der Waals surface area contributed by atoms with Crippen LogP contribution < -0.4 is 5.32 Å². The van der Waals surface area contributed by atoms with E-state index < -0.39 is 11.7 Å². The van der Waals surface area contributed by atoms with Gasteiger partial charge in [-0.15, -0.1) is 0 Å². The fourth-order valence-corrected chi connectivity index (χ4v) is 1.64. The topological polar surface area (TPSA) is 58.6 Å². The van der Waals surface area contributed by atoms with Gasteiger partial charge in [-0.3, -0.25) is 4.79 Å². The maximum Gasteiger partial charge on any atom is 0.410 e. The molecule has 0 unspecified atom stereocenters. The van der Waals surface area contributed by atoms with Gasteiger partial charge < -0.3 is 15.0 Å². The van der Waals surface area contributed by atoms with Crippen LogP contribution in [0.3, 0.4) is 0 Å². The van der Waals surface area contributed by atoms with E-state index in [0.717, 1.165) is 5.56 Å². The van der Waals surface area contributed by atoms with Gasteiger partial charge >= 0.3 is 6.09 Å².